The summed E-state index contributed by atoms with van der Waals surface area (Å²) in [4.78, 5) is -0.515. The maximum absolute atomic E-state index is 13.8. The Hall–Kier alpha value is -1.29. The van der Waals surface area contributed by atoms with Gasteiger partial charge in [0, 0.05) is 5.56 Å². The van der Waals surface area contributed by atoms with Crippen LogP contribution in [0.5, 0.6) is 0 Å². The van der Waals surface area contributed by atoms with Crippen LogP contribution in [-0.4, -0.2) is 0 Å². The topological polar surface area (TPSA) is 0 Å². The van der Waals surface area contributed by atoms with Crippen LogP contribution in [0.2, 0.25) is 0 Å². The van der Waals surface area contributed by atoms with Gasteiger partial charge in [0.25, 0.3) is 0 Å². The van der Waals surface area contributed by atoms with Gasteiger partial charge in [0.1, 0.15) is 0 Å². The molecule has 0 bridgehead atoms. The summed E-state index contributed by atoms with van der Waals surface area (Å²) in [6, 6.07) is 9.92. The molecule has 21 heavy (non-hydrogen) atoms. The molecule has 0 nitrogen and oxygen atoms in total. The van der Waals surface area contributed by atoms with Crippen LogP contribution < -0.4 is 0 Å². The van der Waals surface area contributed by atoms with Crippen molar-refractivity contribution in [3.05, 3.63) is 70.5 Å². The van der Waals surface area contributed by atoms with Crippen LogP contribution in [0.1, 0.15) is 47.7 Å². The Labute approximate surface area is 131 Å². The maximum atomic E-state index is 13.8. The summed E-state index contributed by atoms with van der Waals surface area (Å²) in [6.45, 7) is 4.25. The van der Waals surface area contributed by atoms with Crippen LogP contribution in [-0.2, 0) is 0 Å². The Kier molecular flexibility index (Phi) is 5.09. The molecule has 0 spiro atoms. The molecule has 2 atom stereocenters. The Morgan fingerprint density at radius 3 is 2.05 bits per heavy atom. The second-order valence-corrected chi connectivity index (χ2v) is 6.02. The predicted molar refractivity (Wildman–Crippen MR) is 82.2 cm³/mol. The largest absolute Gasteiger partial charge is 0.204 e. The van der Waals surface area contributed by atoms with Crippen molar-refractivity contribution in [3.8, 4) is 0 Å². The minimum atomic E-state index is -1.44. The van der Waals surface area contributed by atoms with Crippen LogP contribution in [0.25, 0.3) is 0 Å². The first-order valence-electron chi connectivity index (χ1n) is 6.83. The van der Waals surface area contributed by atoms with Gasteiger partial charge in [-0.1, -0.05) is 60.1 Å². The van der Waals surface area contributed by atoms with E-state index in [0.717, 1.165) is 18.1 Å². The molecule has 0 aliphatic heterocycles. The highest BCUT2D eigenvalue weighted by Gasteiger charge is 2.20. The third-order valence-corrected chi connectivity index (χ3v) is 4.77. The molecule has 0 aliphatic carbocycles. The van der Waals surface area contributed by atoms with Gasteiger partial charge in [-0.15, -0.1) is 0 Å². The minimum Gasteiger partial charge on any atom is -0.204 e. The smallest absolute Gasteiger partial charge is 0.194 e. The molecule has 2 unspecified atom stereocenters. The van der Waals surface area contributed by atoms with Crippen molar-refractivity contribution in [3.63, 3.8) is 0 Å². The molecule has 112 valence electrons. The fraction of sp³-hybridized carbons (Fsp3) is 0.294. The average molecular weight is 357 g/mol. The van der Waals surface area contributed by atoms with Gasteiger partial charge in [-0.3, -0.25) is 0 Å². The van der Waals surface area contributed by atoms with Crippen molar-refractivity contribution >= 4 is 15.9 Å². The number of hydrogen-bond acceptors (Lipinski definition) is 0. The summed E-state index contributed by atoms with van der Waals surface area (Å²) in [6.07, 6.45) is 1.04. The second kappa shape index (κ2) is 6.65. The van der Waals surface area contributed by atoms with Crippen molar-refractivity contribution in [1.29, 1.82) is 0 Å². The molecule has 0 amide bonds. The first kappa shape index (κ1) is 16.1. The Bertz CT molecular complexity index is 623. The van der Waals surface area contributed by atoms with E-state index in [4.69, 9.17) is 0 Å². The fourth-order valence-corrected chi connectivity index (χ4v) is 2.80. The summed E-state index contributed by atoms with van der Waals surface area (Å²) < 4.78 is 40.1. The van der Waals surface area contributed by atoms with E-state index < -0.39 is 22.3 Å². The van der Waals surface area contributed by atoms with Crippen LogP contribution in [0.4, 0.5) is 13.2 Å². The molecule has 0 heterocycles. The van der Waals surface area contributed by atoms with Crippen molar-refractivity contribution in [2.45, 2.75) is 31.0 Å². The van der Waals surface area contributed by atoms with E-state index in [1.54, 1.807) is 0 Å². The molecule has 0 aliphatic rings. The SMILES string of the molecule is CCC(C)c1ccc(C(Br)c2ccc(F)c(F)c2F)cc1. The molecular formula is C17H16BrF3. The van der Waals surface area contributed by atoms with Crippen molar-refractivity contribution < 1.29 is 13.2 Å². The fourth-order valence-electron chi connectivity index (χ4n) is 2.15. The summed E-state index contributed by atoms with van der Waals surface area (Å²) in [5, 5.41) is 0. The lowest BCUT2D eigenvalue weighted by Crippen LogP contribution is -2.02. The lowest BCUT2D eigenvalue weighted by molar-refractivity contribution is 0.442. The summed E-state index contributed by atoms with van der Waals surface area (Å²) in [7, 11) is 0. The number of alkyl halides is 1. The molecular weight excluding hydrogens is 341 g/mol. The van der Waals surface area contributed by atoms with Crippen molar-refractivity contribution in [1.82, 2.24) is 0 Å². The second-order valence-electron chi connectivity index (χ2n) is 5.10. The molecule has 4 heteroatoms. The number of halogens is 4. The van der Waals surface area contributed by atoms with E-state index in [9.17, 15) is 13.2 Å². The zero-order chi connectivity index (χ0) is 15.6. The molecule has 0 radical (unpaired) electrons. The summed E-state index contributed by atoms with van der Waals surface area (Å²) in [5.41, 5.74) is 2.09. The van der Waals surface area contributed by atoms with Gasteiger partial charge in [0.2, 0.25) is 0 Å². The van der Waals surface area contributed by atoms with Gasteiger partial charge < -0.3 is 0 Å². The first-order chi connectivity index (χ1) is 9.95. The van der Waals surface area contributed by atoms with Crippen LogP contribution in [0, 0.1) is 17.5 Å². The first-order valence-corrected chi connectivity index (χ1v) is 7.74. The molecule has 2 aromatic rings. The Morgan fingerprint density at radius 1 is 0.905 bits per heavy atom. The molecule has 0 aromatic heterocycles. The van der Waals surface area contributed by atoms with Crippen LogP contribution in [0.3, 0.4) is 0 Å². The molecule has 0 N–H and O–H groups in total. The molecule has 0 fully saturated rings. The Balaban J connectivity index is 2.32. The predicted octanol–water partition coefficient (Wildman–Crippen LogP) is 6.10. The summed E-state index contributed by atoms with van der Waals surface area (Å²) >= 11 is 3.35. The molecule has 2 aromatic carbocycles. The molecule has 0 saturated carbocycles. The highest BCUT2D eigenvalue weighted by molar-refractivity contribution is 9.09. The van der Waals surface area contributed by atoms with Gasteiger partial charge in [-0.05, 0) is 29.5 Å². The summed E-state index contributed by atoms with van der Waals surface area (Å²) in [5.74, 6) is -3.31. The van der Waals surface area contributed by atoms with E-state index in [-0.39, 0.29) is 5.56 Å². The van der Waals surface area contributed by atoms with Gasteiger partial charge in [0.15, 0.2) is 17.5 Å². The van der Waals surface area contributed by atoms with Crippen molar-refractivity contribution in [2.24, 2.45) is 0 Å². The molecule has 0 saturated heterocycles. The standard InChI is InChI=1S/C17H16BrF3/c1-3-10(2)11-4-6-12(7-5-11)15(18)13-8-9-14(19)17(21)16(13)20/h4-10,15H,3H2,1-2H3. The monoisotopic (exact) mass is 356 g/mol. The number of rotatable bonds is 4. The van der Waals surface area contributed by atoms with E-state index in [2.05, 4.69) is 29.8 Å². The van der Waals surface area contributed by atoms with Crippen LogP contribution in [0.15, 0.2) is 36.4 Å². The highest BCUT2D eigenvalue weighted by Crippen LogP contribution is 2.34. The van der Waals surface area contributed by atoms with Crippen molar-refractivity contribution in [2.75, 3.05) is 0 Å². The van der Waals surface area contributed by atoms with Gasteiger partial charge in [-0.25, -0.2) is 13.2 Å². The minimum absolute atomic E-state index is 0.0881. The maximum Gasteiger partial charge on any atom is 0.194 e. The van der Waals surface area contributed by atoms with Gasteiger partial charge in [0.05, 0.1) is 4.83 Å². The third kappa shape index (κ3) is 3.31. The average Bonchev–Trinajstić information content (AvgIpc) is 2.51. The van der Waals surface area contributed by atoms with Gasteiger partial charge in [-0.2, -0.15) is 0 Å². The van der Waals surface area contributed by atoms with E-state index in [1.165, 1.54) is 11.6 Å². The zero-order valence-electron chi connectivity index (χ0n) is 11.8. The number of benzene rings is 2. The Morgan fingerprint density at radius 2 is 1.48 bits per heavy atom. The molecule has 2 rings (SSSR count). The highest BCUT2D eigenvalue weighted by atomic mass is 79.9. The van der Waals surface area contributed by atoms with Crippen LogP contribution >= 0.6 is 15.9 Å². The lowest BCUT2D eigenvalue weighted by Gasteiger charge is -2.14. The quantitative estimate of drug-likeness (QED) is 0.458. The number of hydrogen-bond donors (Lipinski definition) is 0. The normalized spacial score (nSPS) is 14.0. The van der Waals surface area contributed by atoms with Gasteiger partial charge >= 0.3 is 0 Å². The van der Waals surface area contributed by atoms with E-state index >= 15 is 0 Å². The van der Waals surface area contributed by atoms with E-state index in [0.29, 0.717) is 5.92 Å². The third-order valence-electron chi connectivity index (χ3n) is 3.75. The zero-order valence-corrected chi connectivity index (χ0v) is 13.4. The lowest BCUT2D eigenvalue weighted by atomic mass is 9.96. The van der Waals surface area contributed by atoms with E-state index in [1.807, 2.05) is 24.3 Å².